The van der Waals surface area contributed by atoms with Gasteiger partial charge < -0.3 is 10.6 Å². The highest BCUT2D eigenvalue weighted by Gasteiger charge is 2.09. The molecule has 1 heterocycles. The predicted molar refractivity (Wildman–Crippen MR) is 126 cm³/mol. The van der Waals surface area contributed by atoms with Gasteiger partial charge in [0.2, 0.25) is 5.91 Å². The Morgan fingerprint density at radius 3 is 2.29 bits per heavy atom. The quantitative estimate of drug-likeness (QED) is 0.457. The van der Waals surface area contributed by atoms with Gasteiger partial charge in [-0.3, -0.25) is 9.59 Å². The summed E-state index contributed by atoms with van der Waals surface area (Å²) >= 11 is 1.29. The standard InChI is InChI=1S/C24H26N4O2S/c1-3-4-5-18-8-12-20(13-9-18)25-22(29)16-31-23-15-14-21(27-28-23)26-24(30)19-10-6-17(2)7-11-19/h6-15H,3-5,16H2,1-2H3,(H,25,29)(H,26,27,30). The van der Waals surface area contributed by atoms with Crippen LogP contribution in [0.15, 0.2) is 65.7 Å². The van der Waals surface area contributed by atoms with Gasteiger partial charge >= 0.3 is 0 Å². The van der Waals surface area contributed by atoms with Crippen molar-refractivity contribution in [2.75, 3.05) is 16.4 Å². The number of hydrogen-bond acceptors (Lipinski definition) is 5. The molecule has 0 saturated carbocycles. The van der Waals surface area contributed by atoms with Crippen molar-refractivity contribution in [2.24, 2.45) is 0 Å². The second-order valence-corrected chi connectivity index (χ2v) is 8.21. The second-order valence-electron chi connectivity index (χ2n) is 7.21. The Labute approximate surface area is 186 Å². The number of hydrogen-bond donors (Lipinski definition) is 2. The molecule has 0 aliphatic rings. The van der Waals surface area contributed by atoms with E-state index in [1.54, 1.807) is 24.3 Å². The summed E-state index contributed by atoms with van der Waals surface area (Å²) in [6.07, 6.45) is 3.39. The van der Waals surface area contributed by atoms with Gasteiger partial charge in [-0.2, -0.15) is 0 Å². The number of unbranched alkanes of at least 4 members (excludes halogenated alkanes) is 1. The second kappa shape index (κ2) is 11.3. The number of nitrogens with zero attached hydrogens (tertiary/aromatic N) is 2. The molecule has 0 unspecified atom stereocenters. The molecule has 0 aliphatic heterocycles. The number of nitrogens with one attached hydrogen (secondary N) is 2. The molecule has 0 aliphatic carbocycles. The summed E-state index contributed by atoms with van der Waals surface area (Å²) in [5, 5.41) is 14.3. The van der Waals surface area contributed by atoms with E-state index in [4.69, 9.17) is 0 Å². The van der Waals surface area contributed by atoms with E-state index in [1.165, 1.54) is 23.7 Å². The van der Waals surface area contributed by atoms with Gasteiger partial charge in [-0.05, 0) is 61.7 Å². The van der Waals surface area contributed by atoms with Crippen molar-refractivity contribution >= 4 is 35.1 Å². The van der Waals surface area contributed by atoms with Crippen molar-refractivity contribution in [3.63, 3.8) is 0 Å². The van der Waals surface area contributed by atoms with E-state index in [1.807, 2.05) is 43.3 Å². The number of carbonyl (C=O) groups excluding carboxylic acids is 2. The van der Waals surface area contributed by atoms with Crippen LogP contribution in [-0.2, 0) is 11.2 Å². The Morgan fingerprint density at radius 1 is 0.903 bits per heavy atom. The van der Waals surface area contributed by atoms with E-state index in [9.17, 15) is 9.59 Å². The van der Waals surface area contributed by atoms with Crippen LogP contribution in [0.1, 0.15) is 41.3 Å². The number of aromatic nitrogens is 2. The highest BCUT2D eigenvalue weighted by Crippen LogP contribution is 2.17. The molecule has 0 saturated heterocycles. The first kappa shape index (κ1) is 22.5. The van der Waals surface area contributed by atoms with E-state index in [-0.39, 0.29) is 17.6 Å². The minimum absolute atomic E-state index is 0.107. The van der Waals surface area contributed by atoms with Gasteiger partial charge in [0.1, 0.15) is 5.03 Å². The van der Waals surface area contributed by atoms with Crippen molar-refractivity contribution in [1.29, 1.82) is 0 Å². The Balaban J connectivity index is 1.45. The largest absolute Gasteiger partial charge is 0.325 e. The van der Waals surface area contributed by atoms with Crippen LogP contribution in [-0.4, -0.2) is 27.8 Å². The third-order valence-corrected chi connectivity index (χ3v) is 5.52. The molecule has 0 fully saturated rings. The molecule has 3 aromatic rings. The van der Waals surface area contributed by atoms with Gasteiger partial charge in [0.05, 0.1) is 5.75 Å². The maximum atomic E-state index is 12.2. The lowest BCUT2D eigenvalue weighted by Gasteiger charge is -2.07. The fourth-order valence-electron chi connectivity index (χ4n) is 2.83. The Hall–Kier alpha value is -3.19. The van der Waals surface area contributed by atoms with Crippen molar-refractivity contribution in [3.8, 4) is 0 Å². The molecule has 160 valence electrons. The van der Waals surface area contributed by atoms with Crippen LogP contribution in [0.5, 0.6) is 0 Å². The van der Waals surface area contributed by atoms with Gasteiger partial charge in [-0.25, -0.2) is 0 Å². The van der Waals surface area contributed by atoms with E-state index >= 15 is 0 Å². The van der Waals surface area contributed by atoms with Crippen LogP contribution in [0.3, 0.4) is 0 Å². The number of aryl methyl sites for hydroxylation is 2. The zero-order valence-electron chi connectivity index (χ0n) is 17.7. The third kappa shape index (κ3) is 7.22. The zero-order valence-corrected chi connectivity index (χ0v) is 18.5. The molecule has 6 nitrogen and oxygen atoms in total. The molecule has 3 rings (SSSR count). The molecule has 0 spiro atoms. The smallest absolute Gasteiger partial charge is 0.256 e. The molecule has 7 heteroatoms. The summed E-state index contributed by atoms with van der Waals surface area (Å²) in [5.41, 5.74) is 3.71. The summed E-state index contributed by atoms with van der Waals surface area (Å²) in [5.74, 6) is 0.239. The summed E-state index contributed by atoms with van der Waals surface area (Å²) in [4.78, 5) is 24.4. The molecule has 2 aromatic carbocycles. The summed E-state index contributed by atoms with van der Waals surface area (Å²) in [7, 11) is 0. The summed E-state index contributed by atoms with van der Waals surface area (Å²) < 4.78 is 0. The van der Waals surface area contributed by atoms with Gasteiger partial charge in [-0.15, -0.1) is 10.2 Å². The van der Waals surface area contributed by atoms with Gasteiger partial charge in [0, 0.05) is 11.3 Å². The summed E-state index contributed by atoms with van der Waals surface area (Å²) in [6.45, 7) is 4.14. The van der Waals surface area contributed by atoms with Crippen LogP contribution in [0.2, 0.25) is 0 Å². The number of amides is 2. The van der Waals surface area contributed by atoms with Gasteiger partial charge in [0.25, 0.3) is 5.91 Å². The van der Waals surface area contributed by atoms with Crippen molar-refractivity contribution in [3.05, 3.63) is 77.4 Å². The molecule has 0 bridgehead atoms. The van der Waals surface area contributed by atoms with Gasteiger partial charge in [-0.1, -0.05) is 54.9 Å². The van der Waals surface area contributed by atoms with Crippen molar-refractivity contribution < 1.29 is 9.59 Å². The molecular weight excluding hydrogens is 408 g/mol. The molecule has 0 radical (unpaired) electrons. The van der Waals surface area contributed by atoms with E-state index in [0.29, 0.717) is 16.4 Å². The number of thioether (sulfide) groups is 1. The Morgan fingerprint density at radius 2 is 1.65 bits per heavy atom. The fraction of sp³-hybridized carbons (Fsp3) is 0.250. The van der Waals surface area contributed by atoms with E-state index < -0.39 is 0 Å². The fourth-order valence-corrected chi connectivity index (χ4v) is 3.44. The minimum atomic E-state index is -0.241. The summed E-state index contributed by atoms with van der Waals surface area (Å²) in [6, 6.07) is 18.7. The normalized spacial score (nSPS) is 10.5. The lowest BCUT2D eigenvalue weighted by atomic mass is 10.1. The first-order valence-corrected chi connectivity index (χ1v) is 11.3. The highest BCUT2D eigenvalue weighted by atomic mass is 32.2. The minimum Gasteiger partial charge on any atom is -0.325 e. The highest BCUT2D eigenvalue weighted by molar-refractivity contribution is 7.99. The maximum Gasteiger partial charge on any atom is 0.256 e. The van der Waals surface area contributed by atoms with Crippen LogP contribution < -0.4 is 10.6 Å². The predicted octanol–water partition coefficient (Wildman–Crippen LogP) is 5.11. The lowest BCUT2D eigenvalue weighted by molar-refractivity contribution is -0.113. The Kier molecular flexibility index (Phi) is 8.18. The molecule has 0 atom stereocenters. The van der Waals surface area contributed by atoms with Gasteiger partial charge in [0.15, 0.2) is 5.82 Å². The number of rotatable bonds is 9. The van der Waals surface area contributed by atoms with E-state index in [0.717, 1.165) is 24.1 Å². The lowest BCUT2D eigenvalue weighted by Crippen LogP contribution is -2.14. The average Bonchev–Trinajstić information content (AvgIpc) is 2.78. The molecule has 2 amide bonds. The maximum absolute atomic E-state index is 12.2. The van der Waals surface area contributed by atoms with Crippen molar-refractivity contribution in [2.45, 2.75) is 38.1 Å². The van der Waals surface area contributed by atoms with Crippen LogP contribution in [0, 0.1) is 6.92 Å². The number of anilines is 2. The SMILES string of the molecule is CCCCc1ccc(NC(=O)CSc2ccc(NC(=O)c3ccc(C)cc3)nn2)cc1. The first-order chi connectivity index (χ1) is 15.0. The zero-order chi connectivity index (χ0) is 22.1. The monoisotopic (exact) mass is 434 g/mol. The van der Waals surface area contributed by atoms with Crippen LogP contribution in [0.25, 0.3) is 0 Å². The topological polar surface area (TPSA) is 84.0 Å². The third-order valence-electron chi connectivity index (χ3n) is 4.60. The van der Waals surface area contributed by atoms with Crippen LogP contribution >= 0.6 is 11.8 Å². The number of benzene rings is 2. The van der Waals surface area contributed by atoms with Crippen LogP contribution in [0.4, 0.5) is 11.5 Å². The molecule has 1 aromatic heterocycles. The van der Waals surface area contributed by atoms with Crippen molar-refractivity contribution in [1.82, 2.24) is 10.2 Å². The average molecular weight is 435 g/mol. The molecular formula is C24H26N4O2S. The number of carbonyl (C=O) groups is 2. The Bertz CT molecular complexity index is 1000. The van der Waals surface area contributed by atoms with E-state index in [2.05, 4.69) is 27.8 Å². The molecule has 2 N–H and O–H groups in total. The first-order valence-electron chi connectivity index (χ1n) is 10.3. The molecule has 31 heavy (non-hydrogen) atoms.